The summed E-state index contributed by atoms with van der Waals surface area (Å²) in [6, 6.07) is 16.9. The Morgan fingerprint density at radius 3 is 2.62 bits per heavy atom. The van der Waals surface area contributed by atoms with E-state index in [2.05, 4.69) is 0 Å². The average Bonchev–Trinajstić information content (AvgIpc) is 2.92. The van der Waals surface area contributed by atoms with Crippen LogP contribution in [0.15, 0.2) is 59.0 Å². The van der Waals surface area contributed by atoms with E-state index in [1.165, 1.54) is 0 Å². The van der Waals surface area contributed by atoms with Crippen LogP contribution in [0.1, 0.15) is 23.3 Å². The maximum absolute atomic E-state index is 10.6. The molecule has 0 amide bonds. The van der Waals surface area contributed by atoms with Crippen LogP contribution in [-0.2, 0) is 0 Å². The fraction of sp³-hybridized carbons (Fsp3) is 0.176. The largest absolute Gasteiger partial charge is 0.458 e. The van der Waals surface area contributed by atoms with Gasteiger partial charge in [-0.25, -0.2) is 0 Å². The minimum Gasteiger partial charge on any atom is -0.458 e. The summed E-state index contributed by atoms with van der Waals surface area (Å²) < 4.78 is 5.73. The van der Waals surface area contributed by atoms with E-state index in [4.69, 9.17) is 21.8 Å². The number of halogens is 1. The molecular weight excluding hydrogens is 286 g/mol. The Morgan fingerprint density at radius 1 is 1.10 bits per heavy atom. The smallest absolute Gasteiger partial charge is 0.134 e. The van der Waals surface area contributed by atoms with E-state index in [1.54, 1.807) is 6.07 Å². The molecule has 2 aromatic carbocycles. The third-order valence-electron chi connectivity index (χ3n) is 3.65. The molecule has 0 aliphatic carbocycles. The molecule has 4 heteroatoms. The highest BCUT2D eigenvalue weighted by Gasteiger charge is 2.24. The van der Waals surface area contributed by atoms with E-state index in [0.29, 0.717) is 17.3 Å². The highest BCUT2D eigenvalue weighted by molar-refractivity contribution is 6.30. The minimum atomic E-state index is -0.805. The molecule has 0 aliphatic rings. The maximum atomic E-state index is 10.6. The van der Waals surface area contributed by atoms with Crippen LogP contribution in [0.25, 0.3) is 11.0 Å². The van der Waals surface area contributed by atoms with Crippen molar-refractivity contribution < 1.29 is 9.52 Å². The average molecular weight is 302 g/mol. The summed E-state index contributed by atoms with van der Waals surface area (Å²) in [6.45, 7) is 0.304. The van der Waals surface area contributed by atoms with Crippen molar-refractivity contribution in [3.63, 3.8) is 0 Å². The number of aliphatic hydroxyl groups is 1. The number of furan rings is 1. The van der Waals surface area contributed by atoms with Crippen LogP contribution < -0.4 is 5.73 Å². The SMILES string of the molecule is NCC(c1cccc(Cl)c1)C(O)c1cc2ccccc2o1. The fourth-order valence-electron chi connectivity index (χ4n) is 2.53. The van der Waals surface area contributed by atoms with Gasteiger partial charge in [-0.3, -0.25) is 0 Å². The zero-order chi connectivity index (χ0) is 14.8. The third-order valence-corrected chi connectivity index (χ3v) is 3.88. The number of hydrogen-bond donors (Lipinski definition) is 2. The predicted molar refractivity (Wildman–Crippen MR) is 84.4 cm³/mol. The Balaban J connectivity index is 1.96. The summed E-state index contributed by atoms with van der Waals surface area (Å²) in [5.41, 5.74) is 7.50. The van der Waals surface area contributed by atoms with E-state index in [-0.39, 0.29) is 5.92 Å². The van der Waals surface area contributed by atoms with Crippen LogP contribution in [0.5, 0.6) is 0 Å². The molecule has 2 unspecified atom stereocenters. The molecule has 0 fully saturated rings. The molecule has 21 heavy (non-hydrogen) atoms. The van der Waals surface area contributed by atoms with Crippen molar-refractivity contribution in [3.8, 4) is 0 Å². The lowest BCUT2D eigenvalue weighted by atomic mass is 9.92. The van der Waals surface area contributed by atoms with Gasteiger partial charge < -0.3 is 15.3 Å². The van der Waals surface area contributed by atoms with E-state index in [1.807, 2.05) is 48.5 Å². The first kappa shape index (κ1) is 14.1. The van der Waals surface area contributed by atoms with E-state index in [0.717, 1.165) is 16.5 Å². The summed E-state index contributed by atoms with van der Waals surface area (Å²) in [5.74, 6) is 0.260. The van der Waals surface area contributed by atoms with Crippen molar-refractivity contribution in [1.29, 1.82) is 0 Å². The lowest BCUT2D eigenvalue weighted by Gasteiger charge is -2.20. The molecule has 3 nitrogen and oxygen atoms in total. The number of benzene rings is 2. The van der Waals surface area contributed by atoms with Crippen molar-refractivity contribution in [2.24, 2.45) is 5.73 Å². The first-order valence-corrected chi connectivity index (χ1v) is 7.19. The molecule has 0 radical (unpaired) electrons. The lowest BCUT2D eigenvalue weighted by Crippen LogP contribution is -2.19. The van der Waals surface area contributed by atoms with Crippen LogP contribution in [-0.4, -0.2) is 11.7 Å². The molecule has 1 heterocycles. The van der Waals surface area contributed by atoms with Gasteiger partial charge in [0.1, 0.15) is 17.4 Å². The molecule has 0 saturated carbocycles. The zero-order valence-corrected chi connectivity index (χ0v) is 12.1. The van der Waals surface area contributed by atoms with Crippen molar-refractivity contribution >= 4 is 22.6 Å². The third kappa shape index (κ3) is 2.81. The standard InChI is InChI=1S/C17H16ClNO2/c18-13-6-3-5-11(8-13)14(10-19)17(20)16-9-12-4-1-2-7-15(12)21-16/h1-9,14,17,20H,10,19H2. The summed E-state index contributed by atoms with van der Waals surface area (Å²) in [5, 5.41) is 12.2. The molecular formula is C17H16ClNO2. The van der Waals surface area contributed by atoms with Crippen molar-refractivity contribution in [2.75, 3.05) is 6.54 Å². The summed E-state index contributed by atoms with van der Waals surface area (Å²) >= 11 is 6.01. The maximum Gasteiger partial charge on any atom is 0.134 e. The van der Waals surface area contributed by atoms with Crippen LogP contribution in [0, 0.1) is 0 Å². The Bertz CT molecular complexity index is 720. The first-order valence-electron chi connectivity index (χ1n) is 6.81. The van der Waals surface area contributed by atoms with Gasteiger partial charge in [0.05, 0.1) is 0 Å². The topological polar surface area (TPSA) is 59.4 Å². The molecule has 3 N–H and O–H groups in total. The second-order valence-electron chi connectivity index (χ2n) is 5.03. The Kier molecular flexibility index (Phi) is 3.97. The molecule has 3 rings (SSSR count). The molecule has 0 saturated heterocycles. The van der Waals surface area contributed by atoms with Gasteiger partial charge in [0.25, 0.3) is 0 Å². The van der Waals surface area contributed by atoms with Crippen LogP contribution in [0.4, 0.5) is 0 Å². The predicted octanol–water partition coefficient (Wildman–Crippen LogP) is 3.86. The van der Waals surface area contributed by atoms with Crippen molar-refractivity contribution in [3.05, 3.63) is 70.9 Å². The first-order chi connectivity index (χ1) is 10.2. The van der Waals surface area contributed by atoms with Gasteiger partial charge in [0.2, 0.25) is 0 Å². The Hall–Kier alpha value is -1.81. The van der Waals surface area contributed by atoms with E-state index >= 15 is 0 Å². The van der Waals surface area contributed by atoms with Gasteiger partial charge >= 0.3 is 0 Å². The number of hydrogen-bond acceptors (Lipinski definition) is 3. The normalized spacial score (nSPS) is 14.2. The summed E-state index contributed by atoms with van der Waals surface area (Å²) in [4.78, 5) is 0. The highest BCUT2D eigenvalue weighted by atomic mass is 35.5. The molecule has 3 aromatic rings. The van der Waals surface area contributed by atoms with Gasteiger partial charge in [-0.1, -0.05) is 41.9 Å². The van der Waals surface area contributed by atoms with Gasteiger partial charge in [0, 0.05) is 22.9 Å². The van der Waals surface area contributed by atoms with Crippen LogP contribution in [0.3, 0.4) is 0 Å². The van der Waals surface area contributed by atoms with E-state index < -0.39 is 6.10 Å². The lowest BCUT2D eigenvalue weighted by molar-refractivity contribution is 0.124. The molecule has 0 aliphatic heterocycles. The molecule has 0 spiro atoms. The Morgan fingerprint density at radius 2 is 1.90 bits per heavy atom. The summed E-state index contributed by atoms with van der Waals surface area (Å²) in [6.07, 6.45) is -0.805. The molecule has 2 atom stereocenters. The number of nitrogens with two attached hydrogens (primary N) is 1. The minimum absolute atomic E-state index is 0.260. The number of rotatable bonds is 4. The number of aliphatic hydroxyl groups excluding tert-OH is 1. The van der Waals surface area contributed by atoms with Crippen molar-refractivity contribution in [2.45, 2.75) is 12.0 Å². The van der Waals surface area contributed by atoms with Crippen LogP contribution in [0.2, 0.25) is 5.02 Å². The molecule has 1 aromatic heterocycles. The quantitative estimate of drug-likeness (QED) is 0.769. The van der Waals surface area contributed by atoms with Gasteiger partial charge in [-0.15, -0.1) is 0 Å². The zero-order valence-electron chi connectivity index (χ0n) is 11.4. The summed E-state index contributed by atoms with van der Waals surface area (Å²) in [7, 11) is 0. The monoisotopic (exact) mass is 301 g/mol. The second kappa shape index (κ2) is 5.90. The Labute approximate surface area is 127 Å². The van der Waals surface area contributed by atoms with Gasteiger partial charge in [-0.05, 0) is 29.8 Å². The second-order valence-corrected chi connectivity index (χ2v) is 5.47. The fourth-order valence-corrected chi connectivity index (χ4v) is 2.73. The molecule has 108 valence electrons. The molecule has 0 bridgehead atoms. The van der Waals surface area contributed by atoms with Crippen molar-refractivity contribution in [1.82, 2.24) is 0 Å². The number of fused-ring (bicyclic) bond motifs is 1. The van der Waals surface area contributed by atoms with Gasteiger partial charge in [0.15, 0.2) is 0 Å². The number of para-hydroxylation sites is 1. The van der Waals surface area contributed by atoms with E-state index in [9.17, 15) is 5.11 Å². The van der Waals surface area contributed by atoms with Gasteiger partial charge in [-0.2, -0.15) is 0 Å². The highest BCUT2D eigenvalue weighted by Crippen LogP contribution is 2.34. The van der Waals surface area contributed by atoms with Crippen LogP contribution >= 0.6 is 11.6 Å².